The first kappa shape index (κ1) is 15.5. The van der Waals surface area contributed by atoms with E-state index in [-0.39, 0.29) is 18.5 Å². The van der Waals surface area contributed by atoms with Crippen LogP contribution in [0.1, 0.15) is 29.3 Å². The van der Waals surface area contributed by atoms with E-state index in [2.05, 4.69) is 17.2 Å². The van der Waals surface area contributed by atoms with Gasteiger partial charge in [-0.2, -0.15) is 0 Å². The van der Waals surface area contributed by atoms with Crippen molar-refractivity contribution in [1.82, 2.24) is 5.32 Å². The highest BCUT2D eigenvalue weighted by Gasteiger charge is 2.24. The first-order valence-electron chi connectivity index (χ1n) is 6.99. The van der Waals surface area contributed by atoms with Gasteiger partial charge in [-0.1, -0.05) is 11.8 Å². The molecular formula is C16H19FN2O2. The molecule has 2 rings (SSSR count). The van der Waals surface area contributed by atoms with Crippen LogP contribution in [0.15, 0.2) is 18.2 Å². The molecule has 2 unspecified atom stereocenters. The lowest BCUT2D eigenvalue weighted by Crippen LogP contribution is -2.38. The molecule has 0 aliphatic carbocycles. The molecule has 2 atom stereocenters. The lowest BCUT2D eigenvalue weighted by Gasteiger charge is -2.19. The first-order valence-corrected chi connectivity index (χ1v) is 6.99. The van der Waals surface area contributed by atoms with Crippen molar-refractivity contribution in [2.45, 2.75) is 19.4 Å². The van der Waals surface area contributed by atoms with Gasteiger partial charge in [0.05, 0.1) is 18.7 Å². The first-order chi connectivity index (χ1) is 10.1. The Morgan fingerprint density at radius 3 is 3.10 bits per heavy atom. The molecule has 1 amide bonds. The number of halogens is 1. The van der Waals surface area contributed by atoms with Gasteiger partial charge in [0.15, 0.2) is 0 Å². The SMILES string of the molecule is CC(NC(=O)c1ccc(F)cc1C#CCN)C1CCOC1. The average molecular weight is 290 g/mol. The van der Waals surface area contributed by atoms with Crippen LogP contribution in [0.3, 0.4) is 0 Å². The minimum absolute atomic E-state index is 0.000343. The third kappa shape index (κ3) is 4.03. The van der Waals surface area contributed by atoms with E-state index < -0.39 is 5.82 Å². The Hall–Kier alpha value is -1.90. The lowest BCUT2D eigenvalue weighted by molar-refractivity contribution is 0.0922. The largest absolute Gasteiger partial charge is 0.381 e. The summed E-state index contributed by atoms with van der Waals surface area (Å²) in [5, 5.41) is 2.93. The van der Waals surface area contributed by atoms with E-state index in [1.54, 1.807) is 0 Å². The van der Waals surface area contributed by atoms with Gasteiger partial charge in [0, 0.05) is 24.1 Å². The maximum Gasteiger partial charge on any atom is 0.252 e. The molecule has 0 radical (unpaired) electrons. The number of carbonyl (C=O) groups is 1. The Balaban J connectivity index is 2.14. The van der Waals surface area contributed by atoms with Crippen molar-refractivity contribution < 1.29 is 13.9 Å². The highest BCUT2D eigenvalue weighted by atomic mass is 19.1. The van der Waals surface area contributed by atoms with Crippen molar-refractivity contribution in [3.05, 3.63) is 35.1 Å². The van der Waals surface area contributed by atoms with Gasteiger partial charge in [0.1, 0.15) is 5.82 Å². The van der Waals surface area contributed by atoms with Crippen LogP contribution in [0.25, 0.3) is 0 Å². The van der Waals surface area contributed by atoms with Crippen LogP contribution in [0, 0.1) is 23.6 Å². The van der Waals surface area contributed by atoms with Crippen molar-refractivity contribution in [2.75, 3.05) is 19.8 Å². The normalized spacial score (nSPS) is 18.7. The molecule has 0 bridgehead atoms. The zero-order valence-corrected chi connectivity index (χ0v) is 12.0. The second-order valence-corrected chi connectivity index (χ2v) is 5.08. The Bertz CT molecular complexity index is 571. The summed E-state index contributed by atoms with van der Waals surface area (Å²) in [6, 6.07) is 3.95. The molecule has 1 aliphatic heterocycles. The van der Waals surface area contributed by atoms with Crippen molar-refractivity contribution in [3.8, 4) is 11.8 Å². The monoisotopic (exact) mass is 290 g/mol. The quantitative estimate of drug-likeness (QED) is 0.825. The molecule has 112 valence electrons. The van der Waals surface area contributed by atoms with Crippen LogP contribution in [0.4, 0.5) is 4.39 Å². The van der Waals surface area contributed by atoms with E-state index >= 15 is 0 Å². The van der Waals surface area contributed by atoms with Crippen molar-refractivity contribution in [1.29, 1.82) is 0 Å². The van der Waals surface area contributed by atoms with Gasteiger partial charge in [-0.25, -0.2) is 4.39 Å². The highest BCUT2D eigenvalue weighted by Crippen LogP contribution is 2.17. The summed E-state index contributed by atoms with van der Waals surface area (Å²) < 4.78 is 18.6. The molecule has 0 saturated carbocycles. The number of hydrogen-bond donors (Lipinski definition) is 2. The Labute approximate surface area is 123 Å². The van der Waals surface area contributed by atoms with Gasteiger partial charge < -0.3 is 15.8 Å². The summed E-state index contributed by atoms with van der Waals surface area (Å²) >= 11 is 0. The number of ether oxygens (including phenoxy) is 1. The number of nitrogens with two attached hydrogens (primary N) is 1. The van der Waals surface area contributed by atoms with E-state index in [0.29, 0.717) is 23.7 Å². The maximum atomic E-state index is 13.3. The summed E-state index contributed by atoms with van der Waals surface area (Å²) in [5.74, 6) is 5.02. The zero-order chi connectivity index (χ0) is 15.2. The number of carbonyl (C=O) groups excluding carboxylic acids is 1. The van der Waals surface area contributed by atoms with Gasteiger partial charge in [0.25, 0.3) is 5.91 Å². The zero-order valence-electron chi connectivity index (χ0n) is 12.0. The van der Waals surface area contributed by atoms with Crippen LogP contribution in [-0.4, -0.2) is 31.7 Å². The number of amides is 1. The Morgan fingerprint density at radius 1 is 1.62 bits per heavy atom. The summed E-state index contributed by atoms with van der Waals surface area (Å²) in [6.45, 7) is 3.50. The lowest BCUT2D eigenvalue weighted by atomic mass is 9.99. The highest BCUT2D eigenvalue weighted by molar-refractivity contribution is 5.96. The summed E-state index contributed by atoms with van der Waals surface area (Å²) in [6.07, 6.45) is 0.935. The average Bonchev–Trinajstić information content (AvgIpc) is 2.99. The smallest absolute Gasteiger partial charge is 0.252 e. The molecule has 1 saturated heterocycles. The van der Waals surface area contributed by atoms with Crippen molar-refractivity contribution in [3.63, 3.8) is 0 Å². The molecule has 21 heavy (non-hydrogen) atoms. The van der Waals surface area contributed by atoms with Crippen LogP contribution in [-0.2, 0) is 4.74 Å². The standard InChI is InChI=1S/C16H19FN2O2/c1-11(13-6-8-21-10-13)19-16(20)15-5-4-14(17)9-12(15)3-2-7-18/h4-5,9,11,13H,6-8,10,18H2,1H3,(H,19,20). The predicted octanol–water partition coefficient (Wildman–Crippen LogP) is 1.29. The minimum Gasteiger partial charge on any atom is -0.381 e. The number of rotatable bonds is 3. The predicted molar refractivity (Wildman–Crippen MR) is 78.2 cm³/mol. The molecular weight excluding hydrogens is 271 g/mol. The molecule has 4 nitrogen and oxygen atoms in total. The topological polar surface area (TPSA) is 64.4 Å². The number of benzene rings is 1. The van der Waals surface area contributed by atoms with Gasteiger partial charge in [-0.3, -0.25) is 4.79 Å². The fourth-order valence-corrected chi connectivity index (χ4v) is 2.31. The molecule has 1 aromatic carbocycles. The van der Waals surface area contributed by atoms with Gasteiger partial charge in [-0.05, 0) is 31.5 Å². The molecule has 0 spiro atoms. The number of hydrogen-bond acceptors (Lipinski definition) is 3. The van der Waals surface area contributed by atoms with Crippen LogP contribution >= 0.6 is 0 Å². The van der Waals surface area contributed by atoms with E-state index in [1.807, 2.05) is 6.92 Å². The second kappa shape index (κ2) is 7.21. The molecule has 1 aliphatic rings. The second-order valence-electron chi connectivity index (χ2n) is 5.08. The van der Waals surface area contributed by atoms with Gasteiger partial charge >= 0.3 is 0 Å². The summed E-state index contributed by atoms with van der Waals surface area (Å²) in [4.78, 5) is 12.3. The molecule has 1 heterocycles. The maximum absolute atomic E-state index is 13.3. The Morgan fingerprint density at radius 2 is 2.43 bits per heavy atom. The molecule has 1 aromatic rings. The van der Waals surface area contributed by atoms with Crippen LogP contribution in [0.5, 0.6) is 0 Å². The third-order valence-corrected chi connectivity index (χ3v) is 3.58. The van der Waals surface area contributed by atoms with E-state index in [4.69, 9.17) is 10.5 Å². The molecule has 3 N–H and O–H groups in total. The van der Waals surface area contributed by atoms with E-state index in [0.717, 1.165) is 13.0 Å². The van der Waals surface area contributed by atoms with Crippen LogP contribution < -0.4 is 11.1 Å². The van der Waals surface area contributed by atoms with Crippen molar-refractivity contribution >= 4 is 5.91 Å². The molecule has 1 fully saturated rings. The van der Waals surface area contributed by atoms with E-state index in [1.165, 1.54) is 18.2 Å². The fourth-order valence-electron chi connectivity index (χ4n) is 2.31. The summed E-state index contributed by atoms with van der Waals surface area (Å²) in [7, 11) is 0. The van der Waals surface area contributed by atoms with E-state index in [9.17, 15) is 9.18 Å². The molecule has 5 heteroatoms. The Kier molecular flexibility index (Phi) is 5.32. The van der Waals surface area contributed by atoms with Crippen LogP contribution in [0.2, 0.25) is 0 Å². The number of nitrogens with one attached hydrogen (secondary N) is 1. The minimum atomic E-state index is -0.426. The fraction of sp³-hybridized carbons (Fsp3) is 0.438. The third-order valence-electron chi connectivity index (χ3n) is 3.58. The van der Waals surface area contributed by atoms with Gasteiger partial charge in [0.2, 0.25) is 0 Å². The molecule has 0 aromatic heterocycles. The van der Waals surface area contributed by atoms with Gasteiger partial charge in [-0.15, -0.1) is 0 Å². The summed E-state index contributed by atoms with van der Waals surface area (Å²) in [5.41, 5.74) is 6.04. The van der Waals surface area contributed by atoms with Crippen molar-refractivity contribution in [2.24, 2.45) is 11.7 Å².